The van der Waals surface area contributed by atoms with Crippen molar-refractivity contribution in [2.24, 2.45) is 0 Å². The second-order valence-electron chi connectivity index (χ2n) is 7.63. The zero-order chi connectivity index (χ0) is 18.9. The van der Waals surface area contributed by atoms with Gasteiger partial charge in [0.05, 0.1) is 11.1 Å². The molecule has 0 N–H and O–H groups in total. The van der Waals surface area contributed by atoms with E-state index in [2.05, 4.69) is 0 Å². The topological polar surface area (TPSA) is 66.9 Å². The van der Waals surface area contributed by atoms with Crippen LogP contribution in [-0.4, -0.2) is 52.9 Å². The lowest BCUT2D eigenvalue weighted by molar-refractivity contribution is 0.0245. The first-order valence-electron chi connectivity index (χ1n) is 8.87. The Morgan fingerprint density at radius 1 is 1.15 bits per heavy atom. The van der Waals surface area contributed by atoms with E-state index in [1.54, 1.807) is 29.2 Å². The molecule has 3 rings (SSSR count). The number of carbonyl (C=O) groups excluding carboxylic acids is 3. The first-order chi connectivity index (χ1) is 12.3. The Morgan fingerprint density at radius 3 is 2.35 bits per heavy atom. The lowest BCUT2D eigenvalue weighted by Gasteiger charge is -2.31. The Labute approximate surface area is 153 Å². The van der Waals surface area contributed by atoms with Crippen LogP contribution in [0.2, 0.25) is 0 Å². The van der Waals surface area contributed by atoms with Crippen molar-refractivity contribution < 1.29 is 19.1 Å². The number of nitrogens with zero attached hydrogens (tertiary/aromatic N) is 2. The van der Waals surface area contributed by atoms with Gasteiger partial charge in [-0.15, -0.1) is 0 Å². The highest BCUT2D eigenvalue weighted by molar-refractivity contribution is 6.21. The van der Waals surface area contributed by atoms with Crippen molar-refractivity contribution in [2.75, 3.05) is 19.6 Å². The zero-order valence-electron chi connectivity index (χ0n) is 15.4. The Kier molecular flexibility index (Phi) is 4.85. The summed E-state index contributed by atoms with van der Waals surface area (Å²) in [5.41, 5.74) is 1.42. The SMILES string of the molecule is CC(C)(C)OC(=O)N1CCC/C(=C\CN2C(=O)c3ccccc3C2=O)C1. The minimum atomic E-state index is -0.529. The summed E-state index contributed by atoms with van der Waals surface area (Å²) >= 11 is 0. The quantitative estimate of drug-likeness (QED) is 0.603. The van der Waals surface area contributed by atoms with Gasteiger partial charge in [-0.1, -0.05) is 23.8 Å². The molecule has 1 fully saturated rings. The number of amides is 3. The molecule has 0 bridgehead atoms. The number of rotatable bonds is 2. The molecular formula is C20H24N2O4. The molecule has 138 valence electrons. The molecule has 0 unspecified atom stereocenters. The van der Waals surface area contributed by atoms with Gasteiger partial charge in [0.1, 0.15) is 5.60 Å². The van der Waals surface area contributed by atoms with E-state index in [0.29, 0.717) is 24.2 Å². The summed E-state index contributed by atoms with van der Waals surface area (Å²) in [5, 5.41) is 0. The van der Waals surface area contributed by atoms with Gasteiger partial charge in [-0.05, 0) is 45.7 Å². The second kappa shape index (κ2) is 6.94. The molecule has 3 amide bonds. The van der Waals surface area contributed by atoms with Crippen LogP contribution in [0.25, 0.3) is 0 Å². The van der Waals surface area contributed by atoms with Crippen molar-refractivity contribution in [3.8, 4) is 0 Å². The second-order valence-corrected chi connectivity index (χ2v) is 7.63. The van der Waals surface area contributed by atoms with Crippen LogP contribution >= 0.6 is 0 Å². The van der Waals surface area contributed by atoms with Gasteiger partial charge in [0.25, 0.3) is 11.8 Å². The van der Waals surface area contributed by atoms with Crippen LogP contribution in [-0.2, 0) is 4.74 Å². The number of imide groups is 1. The lowest BCUT2D eigenvalue weighted by Crippen LogP contribution is -2.40. The zero-order valence-corrected chi connectivity index (χ0v) is 15.4. The van der Waals surface area contributed by atoms with E-state index in [0.717, 1.165) is 18.4 Å². The fourth-order valence-corrected chi connectivity index (χ4v) is 3.17. The molecule has 0 atom stereocenters. The summed E-state index contributed by atoms with van der Waals surface area (Å²) in [6, 6.07) is 6.86. The van der Waals surface area contributed by atoms with Crippen molar-refractivity contribution in [2.45, 2.75) is 39.2 Å². The summed E-state index contributed by atoms with van der Waals surface area (Å²) in [6.07, 6.45) is 3.25. The number of hydrogen-bond donors (Lipinski definition) is 0. The molecule has 0 radical (unpaired) electrons. The largest absolute Gasteiger partial charge is 0.444 e. The molecule has 0 aromatic heterocycles. The summed E-state index contributed by atoms with van der Waals surface area (Å²) < 4.78 is 5.42. The van der Waals surface area contributed by atoms with Gasteiger partial charge < -0.3 is 9.64 Å². The Morgan fingerprint density at radius 2 is 1.77 bits per heavy atom. The summed E-state index contributed by atoms with van der Waals surface area (Å²) in [4.78, 5) is 40.0. The molecule has 6 heteroatoms. The van der Waals surface area contributed by atoms with Gasteiger partial charge in [0.15, 0.2) is 0 Å². The van der Waals surface area contributed by atoms with Gasteiger partial charge in [0.2, 0.25) is 0 Å². The number of fused-ring (bicyclic) bond motifs is 1. The molecule has 0 saturated carbocycles. The van der Waals surface area contributed by atoms with Crippen LogP contribution in [0.3, 0.4) is 0 Å². The smallest absolute Gasteiger partial charge is 0.410 e. The monoisotopic (exact) mass is 356 g/mol. The van der Waals surface area contributed by atoms with E-state index in [1.165, 1.54) is 4.90 Å². The highest BCUT2D eigenvalue weighted by atomic mass is 16.6. The van der Waals surface area contributed by atoms with Crippen LogP contribution in [0, 0.1) is 0 Å². The predicted octanol–water partition coefficient (Wildman–Crippen LogP) is 3.24. The van der Waals surface area contributed by atoms with E-state index < -0.39 is 5.60 Å². The van der Waals surface area contributed by atoms with Crippen LogP contribution in [0.4, 0.5) is 4.79 Å². The van der Waals surface area contributed by atoms with Crippen molar-refractivity contribution in [3.05, 3.63) is 47.0 Å². The van der Waals surface area contributed by atoms with Crippen LogP contribution in [0.15, 0.2) is 35.9 Å². The molecule has 2 aliphatic rings. The number of piperidine rings is 1. The molecule has 2 aliphatic heterocycles. The average Bonchev–Trinajstić information content (AvgIpc) is 2.83. The third kappa shape index (κ3) is 3.79. The fraction of sp³-hybridized carbons (Fsp3) is 0.450. The lowest BCUT2D eigenvalue weighted by atomic mass is 10.0. The van der Waals surface area contributed by atoms with Crippen molar-refractivity contribution in [1.29, 1.82) is 0 Å². The minimum absolute atomic E-state index is 0.226. The number of carbonyl (C=O) groups is 3. The first kappa shape index (κ1) is 18.2. The maximum atomic E-state index is 12.4. The molecule has 1 aromatic carbocycles. The summed E-state index contributed by atoms with van der Waals surface area (Å²) in [5.74, 6) is -0.524. The van der Waals surface area contributed by atoms with E-state index in [4.69, 9.17) is 4.74 Å². The van der Waals surface area contributed by atoms with E-state index in [9.17, 15) is 14.4 Å². The molecule has 0 aliphatic carbocycles. The van der Waals surface area contributed by atoms with Crippen LogP contribution in [0.5, 0.6) is 0 Å². The molecule has 26 heavy (non-hydrogen) atoms. The third-order valence-electron chi connectivity index (χ3n) is 4.41. The minimum Gasteiger partial charge on any atom is -0.444 e. The normalized spacial score (nSPS) is 19.1. The average molecular weight is 356 g/mol. The summed E-state index contributed by atoms with van der Waals surface area (Å²) in [7, 11) is 0. The molecule has 0 spiro atoms. The standard InChI is InChI=1S/C20H24N2O4/c1-20(2,3)26-19(25)21-11-6-7-14(13-21)10-12-22-17(23)15-8-4-5-9-16(15)18(22)24/h4-5,8-10H,6-7,11-13H2,1-3H3/b14-10+. The Hall–Kier alpha value is -2.63. The number of benzene rings is 1. The number of likely N-dealkylation sites (tertiary alicyclic amines) is 1. The maximum Gasteiger partial charge on any atom is 0.410 e. The van der Waals surface area contributed by atoms with E-state index in [1.807, 2.05) is 26.8 Å². The highest BCUT2D eigenvalue weighted by Gasteiger charge is 2.34. The fourth-order valence-electron chi connectivity index (χ4n) is 3.17. The van der Waals surface area contributed by atoms with Crippen molar-refractivity contribution >= 4 is 17.9 Å². The maximum absolute atomic E-state index is 12.4. The van der Waals surface area contributed by atoms with Gasteiger partial charge in [-0.25, -0.2) is 4.79 Å². The van der Waals surface area contributed by atoms with Crippen LogP contribution < -0.4 is 0 Å². The Bertz CT molecular complexity index is 741. The highest BCUT2D eigenvalue weighted by Crippen LogP contribution is 2.23. The van der Waals surface area contributed by atoms with Crippen molar-refractivity contribution in [1.82, 2.24) is 9.80 Å². The molecular weight excluding hydrogens is 332 g/mol. The first-order valence-corrected chi connectivity index (χ1v) is 8.87. The molecule has 6 nitrogen and oxygen atoms in total. The predicted molar refractivity (Wildman–Crippen MR) is 96.9 cm³/mol. The number of ether oxygens (including phenoxy) is 1. The van der Waals surface area contributed by atoms with Crippen LogP contribution in [0.1, 0.15) is 54.3 Å². The van der Waals surface area contributed by atoms with E-state index in [-0.39, 0.29) is 24.5 Å². The molecule has 1 saturated heterocycles. The molecule has 2 heterocycles. The van der Waals surface area contributed by atoms with Gasteiger partial charge in [0, 0.05) is 19.6 Å². The third-order valence-corrected chi connectivity index (χ3v) is 4.41. The molecule has 1 aromatic rings. The van der Waals surface area contributed by atoms with Gasteiger partial charge in [-0.3, -0.25) is 14.5 Å². The van der Waals surface area contributed by atoms with Crippen molar-refractivity contribution in [3.63, 3.8) is 0 Å². The van der Waals surface area contributed by atoms with Gasteiger partial charge >= 0.3 is 6.09 Å². The van der Waals surface area contributed by atoms with E-state index >= 15 is 0 Å². The summed E-state index contributed by atoms with van der Waals surface area (Å²) in [6.45, 7) is 6.87. The van der Waals surface area contributed by atoms with Gasteiger partial charge in [-0.2, -0.15) is 0 Å². The Balaban J connectivity index is 1.65. The number of hydrogen-bond acceptors (Lipinski definition) is 4.